The summed E-state index contributed by atoms with van der Waals surface area (Å²) in [5.41, 5.74) is 2.36. The monoisotopic (exact) mass is 321 g/mol. The highest BCUT2D eigenvalue weighted by molar-refractivity contribution is 5.35. The van der Waals surface area contributed by atoms with Crippen LogP contribution in [0.5, 0.6) is 0 Å². The van der Waals surface area contributed by atoms with Crippen LogP contribution in [0.3, 0.4) is 0 Å². The lowest BCUT2D eigenvalue weighted by Gasteiger charge is -2.14. The normalized spacial score (nSPS) is 12.2. The van der Waals surface area contributed by atoms with Crippen LogP contribution in [0.15, 0.2) is 53.5 Å². The van der Waals surface area contributed by atoms with Gasteiger partial charge in [0.1, 0.15) is 0 Å². The molecule has 0 aliphatic rings. The predicted molar refractivity (Wildman–Crippen MR) is 91.6 cm³/mol. The van der Waals surface area contributed by atoms with E-state index in [0.29, 0.717) is 17.8 Å². The molecule has 6 heteroatoms. The molecule has 24 heavy (non-hydrogen) atoms. The minimum Gasteiger partial charge on any atom is -0.310 e. The van der Waals surface area contributed by atoms with Crippen molar-refractivity contribution in [1.29, 1.82) is 5.26 Å². The molecule has 1 N–H and O–H groups in total. The van der Waals surface area contributed by atoms with Crippen LogP contribution in [0, 0.1) is 11.3 Å². The average Bonchev–Trinajstić information content (AvgIpc) is 2.95. The summed E-state index contributed by atoms with van der Waals surface area (Å²) in [6.07, 6.45) is 2.54. The van der Waals surface area contributed by atoms with Gasteiger partial charge in [0.2, 0.25) is 0 Å². The summed E-state index contributed by atoms with van der Waals surface area (Å²) in [6, 6.07) is 15.4. The SMILES string of the molecule is CC(NCCCn1nc2ccccn2c1=O)c1ccc(C#N)cc1. The first kappa shape index (κ1) is 16.0. The average molecular weight is 321 g/mol. The van der Waals surface area contributed by atoms with E-state index in [2.05, 4.69) is 23.4 Å². The number of nitriles is 1. The van der Waals surface area contributed by atoms with E-state index in [9.17, 15) is 4.79 Å². The Balaban J connectivity index is 1.53. The zero-order valence-corrected chi connectivity index (χ0v) is 13.5. The second-order valence-corrected chi connectivity index (χ2v) is 5.70. The van der Waals surface area contributed by atoms with Crippen molar-refractivity contribution in [2.45, 2.75) is 25.9 Å². The van der Waals surface area contributed by atoms with E-state index in [-0.39, 0.29) is 11.7 Å². The van der Waals surface area contributed by atoms with Crippen molar-refractivity contribution >= 4 is 5.65 Å². The van der Waals surface area contributed by atoms with Gasteiger partial charge in [0, 0.05) is 18.8 Å². The number of hydrogen-bond acceptors (Lipinski definition) is 4. The fraction of sp³-hybridized carbons (Fsp3) is 0.278. The first-order valence-electron chi connectivity index (χ1n) is 7.96. The molecular formula is C18H19N5O. The first-order valence-corrected chi connectivity index (χ1v) is 7.96. The fourth-order valence-electron chi connectivity index (χ4n) is 2.63. The van der Waals surface area contributed by atoms with Crippen LogP contribution in [-0.4, -0.2) is 20.7 Å². The van der Waals surface area contributed by atoms with Gasteiger partial charge in [-0.3, -0.25) is 4.40 Å². The lowest BCUT2D eigenvalue weighted by Crippen LogP contribution is -2.25. The summed E-state index contributed by atoms with van der Waals surface area (Å²) in [6.45, 7) is 3.44. The molecule has 0 spiro atoms. The summed E-state index contributed by atoms with van der Waals surface area (Å²) in [5, 5.41) is 16.6. The molecule has 0 amide bonds. The third-order valence-electron chi connectivity index (χ3n) is 4.03. The van der Waals surface area contributed by atoms with Crippen molar-refractivity contribution in [3.8, 4) is 6.07 Å². The predicted octanol–water partition coefficient (Wildman–Crippen LogP) is 2.11. The Bertz CT molecular complexity index is 917. The van der Waals surface area contributed by atoms with Crippen LogP contribution in [0.1, 0.15) is 30.5 Å². The van der Waals surface area contributed by atoms with E-state index in [1.807, 2.05) is 42.5 Å². The summed E-state index contributed by atoms with van der Waals surface area (Å²) in [4.78, 5) is 12.2. The molecule has 0 saturated heterocycles. The first-order chi connectivity index (χ1) is 11.7. The molecule has 2 heterocycles. The molecule has 0 aliphatic heterocycles. The van der Waals surface area contributed by atoms with Crippen LogP contribution in [0.4, 0.5) is 0 Å². The molecule has 0 bridgehead atoms. The summed E-state index contributed by atoms with van der Waals surface area (Å²) in [7, 11) is 0. The molecule has 0 saturated carbocycles. The molecule has 2 aromatic heterocycles. The number of benzene rings is 1. The number of nitrogens with one attached hydrogen (secondary N) is 1. The standard InChI is InChI=1S/C18H19N5O/c1-14(16-8-6-15(13-19)7-9-16)20-10-4-12-23-18(24)22-11-3-2-5-17(22)21-23/h2-3,5-9,11,14,20H,4,10,12H2,1H3. The van der Waals surface area contributed by atoms with E-state index in [1.165, 1.54) is 4.68 Å². The molecular weight excluding hydrogens is 302 g/mol. The molecule has 1 atom stereocenters. The van der Waals surface area contributed by atoms with Gasteiger partial charge < -0.3 is 5.32 Å². The van der Waals surface area contributed by atoms with Gasteiger partial charge in [-0.1, -0.05) is 18.2 Å². The number of nitrogens with zero attached hydrogens (tertiary/aromatic N) is 4. The lowest BCUT2D eigenvalue weighted by molar-refractivity contribution is 0.499. The highest BCUT2D eigenvalue weighted by atomic mass is 16.2. The Labute approximate surface area is 140 Å². The van der Waals surface area contributed by atoms with Crippen LogP contribution in [0.25, 0.3) is 5.65 Å². The maximum Gasteiger partial charge on any atom is 0.350 e. The number of fused-ring (bicyclic) bond motifs is 1. The largest absolute Gasteiger partial charge is 0.350 e. The van der Waals surface area contributed by atoms with E-state index >= 15 is 0 Å². The third-order valence-corrected chi connectivity index (χ3v) is 4.03. The van der Waals surface area contributed by atoms with Crippen LogP contribution in [0.2, 0.25) is 0 Å². The second-order valence-electron chi connectivity index (χ2n) is 5.70. The van der Waals surface area contributed by atoms with Gasteiger partial charge in [-0.15, -0.1) is 5.10 Å². The summed E-state index contributed by atoms with van der Waals surface area (Å²) >= 11 is 0. The van der Waals surface area contributed by atoms with E-state index in [4.69, 9.17) is 5.26 Å². The van der Waals surface area contributed by atoms with Crippen molar-refractivity contribution in [3.05, 3.63) is 70.3 Å². The lowest BCUT2D eigenvalue weighted by atomic mass is 10.1. The fourth-order valence-corrected chi connectivity index (χ4v) is 2.63. The molecule has 0 aliphatic carbocycles. The quantitative estimate of drug-likeness (QED) is 0.706. The van der Waals surface area contributed by atoms with Gasteiger partial charge in [0.25, 0.3) is 0 Å². The maximum absolute atomic E-state index is 12.2. The Morgan fingerprint density at radius 2 is 2.04 bits per heavy atom. The number of aryl methyl sites for hydroxylation is 1. The minimum atomic E-state index is -0.106. The van der Waals surface area contributed by atoms with Gasteiger partial charge in [-0.05, 0) is 49.7 Å². The highest BCUT2D eigenvalue weighted by Crippen LogP contribution is 2.12. The number of pyridine rings is 1. The molecule has 122 valence electrons. The topological polar surface area (TPSA) is 75.1 Å². The summed E-state index contributed by atoms with van der Waals surface area (Å²) in [5.74, 6) is 0. The van der Waals surface area contributed by atoms with Crippen molar-refractivity contribution in [2.75, 3.05) is 6.54 Å². The van der Waals surface area contributed by atoms with Gasteiger partial charge in [0.05, 0.1) is 11.6 Å². The maximum atomic E-state index is 12.2. The van der Waals surface area contributed by atoms with Gasteiger partial charge in [-0.2, -0.15) is 5.26 Å². The van der Waals surface area contributed by atoms with E-state index < -0.39 is 0 Å². The zero-order chi connectivity index (χ0) is 16.9. The molecule has 3 aromatic rings. The number of aromatic nitrogens is 3. The van der Waals surface area contributed by atoms with Crippen LogP contribution < -0.4 is 11.0 Å². The molecule has 1 aromatic carbocycles. The van der Waals surface area contributed by atoms with E-state index in [0.717, 1.165) is 18.5 Å². The molecule has 6 nitrogen and oxygen atoms in total. The highest BCUT2D eigenvalue weighted by Gasteiger charge is 2.07. The van der Waals surface area contributed by atoms with Gasteiger partial charge in [0.15, 0.2) is 5.65 Å². The number of hydrogen-bond donors (Lipinski definition) is 1. The second kappa shape index (κ2) is 7.11. The van der Waals surface area contributed by atoms with Crippen molar-refractivity contribution < 1.29 is 0 Å². The van der Waals surface area contributed by atoms with Gasteiger partial charge in [-0.25, -0.2) is 9.48 Å². The Kier molecular flexibility index (Phi) is 4.73. The van der Waals surface area contributed by atoms with Crippen LogP contribution in [-0.2, 0) is 6.54 Å². The molecule has 0 radical (unpaired) electrons. The molecule has 1 unspecified atom stereocenters. The molecule has 3 rings (SSSR count). The van der Waals surface area contributed by atoms with Crippen molar-refractivity contribution in [3.63, 3.8) is 0 Å². The number of rotatable bonds is 6. The minimum absolute atomic E-state index is 0.106. The van der Waals surface area contributed by atoms with Crippen molar-refractivity contribution in [1.82, 2.24) is 19.5 Å². The van der Waals surface area contributed by atoms with Crippen molar-refractivity contribution in [2.24, 2.45) is 0 Å². The summed E-state index contributed by atoms with van der Waals surface area (Å²) < 4.78 is 3.05. The third kappa shape index (κ3) is 3.36. The molecule has 0 fully saturated rings. The Morgan fingerprint density at radius 1 is 1.25 bits per heavy atom. The zero-order valence-electron chi connectivity index (χ0n) is 13.5. The smallest absolute Gasteiger partial charge is 0.310 e. The Morgan fingerprint density at radius 3 is 2.75 bits per heavy atom. The Hall–Kier alpha value is -2.91. The van der Waals surface area contributed by atoms with Gasteiger partial charge >= 0.3 is 5.69 Å². The van der Waals surface area contributed by atoms with E-state index in [1.54, 1.807) is 10.6 Å². The van der Waals surface area contributed by atoms with Crippen LogP contribution >= 0.6 is 0 Å².